The second-order valence-electron chi connectivity index (χ2n) is 5.99. The molecule has 1 unspecified atom stereocenters. The van der Waals surface area contributed by atoms with Crippen LogP contribution in [0, 0.1) is 0 Å². The molecule has 3 rings (SSSR count). The molecule has 3 nitrogen and oxygen atoms in total. The predicted octanol–water partition coefficient (Wildman–Crippen LogP) is 2.45. The fourth-order valence-corrected chi connectivity index (χ4v) is 3.49. The van der Waals surface area contributed by atoms with Gasteiger partial charge in [0.25, 0.3) is 0 Å². The van der Waals surface area contributed by atoms with Gasteiger partial charge in [-0.15, -0.1) is 0 Å². The van der Waals surface area contributed by atoms with Gasteiger partial charge in [-0.25, -0.2) is 0 Å². The molecule has 0 saturated carbocycles. The Hall–Kier alpha value is -1.35. The van der Waals surface area contributed by atoms with Crippen molar-refractivity contribution in [1.82, 2.24) is 9.80 Å². The maximum absolute atomic E-state index is 12.8. The van der Waals surface area contributed by atoms with Crippen LogP contribution in [0.5, 0.6) is 0 Å². The molecule has 0 aromatic heterocycles. The van der Waals surface area contributed by atoms with Gasteiger partial charge in [-0.1, -0.05) is 31.2 Å². The van der Waals surface area contributed by atoms with E-state index in [9.17, 15) is 4.79 Å². The lowest BCUT2D eigenvalue weighted by Crippen LogP contribution is -2.51. The van der Waals surface area contributed by atoms with Crippen LogP contribution in [0.25, 0.3) is 0 Å². The fourth-order valence-electron chi connectivity index (χ4n) is 3.49. The highest BCUT2D eigenvalue weighted by molar-refractivity contribution is 5.82. The Labute approximate surface area is 121 Å². The van der Waals surface area contributed by atoms with Gasteiger partial charge in [-0.2, -0.15) is 0 Å². The van der Waals surface area contributed by atoms with Gasteiger partial charge in [0, 0.05) is 19.6 Å². The van der Waals surface area contributed by atoms with Gasteiger partial charge < -0.3 is 4.90 Å². The first-order chi connectivity index (χ1) is 9.79. The van der Waals surface area contributed by atoms with Crippen LogP contribution in [-0.4, -0.2) is 41.4 Å². The smallest absolute Gasteiger partial charge is 0.240 e. The van der Waals surface area contributed by atoms with E-state index in [1.807, 2.05) is 0 Å². The molecule has 3 heteroatoms. The molecule has 0 aliphatic carbocycles. The minimum Gasteiger partial charge on any atom is -0.341 e. The number of amides is 1. The van der Waals surface area contributed by atoms with E-state index < -0.39 is 0 Å². The zero-order valence-corrected chi connectivity index (χ0v) is 12.3. The Morgan fingerprint density at radius 1 is 1.20 bits per heavy atom. The van der Waals surface area contributed by atoms with Crippen molar-refractivity contribution in [3.8, 4) is 0 Å². The molecule has 2 aliphatic rings. The Bertz CT molecular complexity index is 480. The Kier molecular flexibility index (Phi) is 4.06. The van der Waals surface area contributed by atoms with Gasteiger partial charge in [0.05, 0.1) is 6.04 Å². The summed E-state index contributed by atoms with van der Waals surface area (Å²) >= 11 is 0. The lowest BCUT2D eigenvalue weighted by Gasteiger charge is -2.37. The van der Waals surface area contributed by atoms with Gasteiger partial charge in [-0.05, 0) is 43.4 Å². The molecule has 2 aliphatic heterocycles. The minimum absolute atomic E-state index is 0.0583. The van der Waals surface area contributed by atoms with E-state index in [0.29, 0.717) is 5.91 Å². The lowest BCUT2D eigenvalue weighted by atomic mass is 9.93. The second kappa shape index (κ2) is 5.96. The monoisotopic (exact) mass is 272 g/mol. The fraction of sp³-hybridized carbons (Fsp3) is 0.588. The van der Waals surface area contributed by atoms with Crippen molar-refractivity contribution < 1.29 is 4.79 Å². The molecule has 1 fully saturated rings. The van der Waals surface area contributed by atoms with Gasteiger partial charge in [0.15, 0.2) is 0 Å². The number of hydrogen-bond donors (Lipinski definition) is 0. The third-order valence-electron chi connectivity index (χ3n) is 4.56. The van der Waals surface area contributed by atoms with Crippen molar-refractivity contribution in [2.24, 2.45) is 0 Å². The van der Waals surface area contributed by atoms with Crippen molar-refractivity contribution >= 4 is 5.91 Å². The number of fused-ring (bicyclic) bond motifs is 1. The summed E-state index contributed by atoms with van der Waals surface area (Å²) in [6.07, 6.45) is 4.32. The second-order valence-corrected chi connectivity index (χ2v) is 5.99. The maximum Gasteiger partial charge on any atom is 0.240 e. The summed E-state index contributed by atoms with van der Waals surface area (Å²) in [6, 6.07) is 8.64. The molecular weight excluding hydrogens is 248 g/mol. The van der Waals surface area contributed by atoms with Crippen molar-refractivity contribution in [2.45, 2.75) is 45.2 Å². The molecule has 0 N–H and O–H groups in total. The summed E-state index contributed by atoms with van der Waals surface area (Å²) in [7, 11) is 0. The number of benzene rings is 1. The average Bonchev–Trinajstić information content (AvgIpc) is 3.00. The highest BCUT2D eigenvalue weighted by Crippen LogP contribution is 2.25. The lowest BCUT2D eigenvalue weighted by molar-refractivity contribution is -0.136. The van der Waals surface area contributed by atoms with Gasteiger partial charge in [0.1, 0.15) is 0 Å². The van der Waals surface area contributed by atoms with Crippen molar-refractivity contribution in [2.75, 3.05) is 19.6 Å². The number of carbonyl (C=O) groups is 1. The van der Waals surface area contributed by atoms with Crippen LogP contribution in [0.1, 0.15) is 37.3 Å². The first-order valence-electron chi connectivity index (χ1n) is 7.89. The molecule has 108 valence electrons. The quantitative estimate of drug-likeness (QED) is 0.844. The Morgan fingerprint density at radius 3 is 2.60 bits per heavy atom. The normalized spacial score (nSPS) is 22.9. The molecule has 2 heterocycles. The first-order valence-corrected chi connectivity index (χ1v) is 7.89. The SMILES string of the molecule is CCCN1Cc2ccccc2CC1C(=O)N1CCCC1. The van der Waals surface area contributed by atoms with Crippen molar-refractivity contribution in [3.63, 3.8) is 0 Å². The summed E-state index contributed by atoms with van der Waals surface area (Å²) < 4.78 is 0. The highest BCUT2D eigenvalue weighted by Gasteiger charge is 2.34. The number of nitrogens with zero attached hydrogens (tertiary/aromatic N) is 2. The number of carbonyl (C=O) groups excluding carboxylic acids is 1. The van der Waals surface area contributed by atoms with Crippen LogP contribution < -0.4 is 0 Å². The summed E-state index contributed by atoms with van der Waals surface area (Å²) in [4.78, 5) is 17.2. The van der Waals surface area contributed by atoms with E-state index in [1.165, 1.54) is 24.0 Å². The molecule has 0 radical (unpaired) electrons. The molecule has 1 aromatic carbocycles. The maximum atomic E-state index is 12.8. The predicted molar refractivity (Wildman–Crippen MR) is 80.4 cm³/mol. The average molecular weight is 272 g/mol. The van der Waals surface area contributed by atoms with E-state index >= 15 is 0 Å². The van der Waals surface area contributed by atoms with E-state index in [0.717, 1.165) is 39.0 Å². The van der Waals surface area contributed by atoms with Gasteiger partial charge in [0.2, 0.25) is 5.91 Å². The molecule has 1 saturated heterocycles. The molecule has 0 spiro atoms. The molecular formula is C17H24N2O. The van der Waals surface area contributed by atoms with Crippen LogP contribution in [0.2, 0.25) is 0 Å². The Balaban J connectivity index is 1.82. The molecule has 1 aromatic rings. The van der Waals surface area contributed by atoms with Crippen LogP contribution >= 0.6 is 0 Å². The van der Waals surface area contributed by atoms with E-state index in [1.54, 1.807) is 0 Å². The molecule has 0 bridgehead atoms. The summed E-state index contributed by atoms with van der Waals surface area (Å²) in [5.74, 6) is 0.352. The van der Waals surface area contributed by atoms with Crippen molar-refractivity contribution in [1.29, 1.82) is 0 Å². The van der Waals surface area contributed by atoms with Crippen LogP contribution in [0.3, 0.4) is 0 Å². The minimum atomic E-state index is 0.0583. The van der Waals surface area contributed by atoms with Crippen LogP contribution in [-0.2, 0) is 17.8 Å². The van der Waals surface area contributed by atoms with E-state index in [2.05, 4.69) is 41.0 Å². The summed E-state index contributed by atoms with van der Waals surface area (Å²) in [5.41, 5.74) is 2.75. The number of rotatable bonds is 3. The first kappa shape index (κ1) is 13.6. The summed E-state index contributed by atoms with van der Waals surface area (Å²) in [6.45, 7) is 6.04. The largest absolute Gasteiger partial charge is 0.341 e. The van der Waals surface area contributed by atoms with Gasteiger partial charge in [-0.3, -0.25) is 9.69 Å². The third-order valence-corrected chi connectivity index (χ3v) is 4.56. The third kappa shape index (κ3) is 2.59. The zero-order chi connectivity index (χ0) is 13.9. The number of hydrogen-bond acceptors (Lipinski definition) is 2. The molecule has 1 amide bonds. The standard InChI is InChI=1S/C17H24N2O/c1-2-9-19-13-15-8-4-3-7-14(15)12-16(19)17(20)18-10-5-6-11-18/h3-4,7-8,16H,2,5-6,9-13H2,1H3. The zero-order valence-electron chi connectivity index (χ0n) is 12.3. The van der Waals surface area contributed by atoms with Crippen LogP contribution in [0.4, 0.5) is 0 Å². The molecule has 20 heavy (non-hydrogen) atoms. The summed E-state index contributed by atoms with van der Waals surface area (Å²) in [5, 5.41) is 0. The Morgan fingerprint density at radius 2 is 1.90 bits per heavy atom. The van der Waals surface area contributed by atoms with Gasteiger partial charge >= 0.3 is 0 Å². The van der Waals surface area contributed by atoms with E-state index in [-0.39, 0.29) is 6.04 Å². The van der Waals surface area contributed by atoms with Crippen LogP contribution in [0.15, 0.2) is 24.3 Å². The molecule has 1 atom stereocenters. The topological polar surface area (TPSA) is 23.6 Å². The van der Waals surface area contributed by atoms with Crippen molar-refractivity contribution in [3.05, 3.63) is 35.4 Å². The highest BCUT2D eigenvalue weighted by atomic mass is 16.2. The van der Waals surface area contributed by atoms with E-state index in [4.69, 9.17) is 0 Å². The number of likely N-dealkylation sites (tertiary alicyclic amines) is 1.